The van der Waals surface area contributed by atoms with Crippen LogP contribution in [0.4, 0.5) is 5.82 Å². The van der Waals surface area contributed by atoms with Gasteiger partial charge in [-0.15, -0.1) is 11.3 Å². The number of carbonyl (C=O) groups excluding carboxylic acids is 1. The monoisotopic (exact) mass is 332 g/mol. The Labute approximate surface area is 139 Å². The molecule has 122 valence electrons. The van der Waals surface area contributed by atoms with Crippen LogP contribution in [-0.4, -0.2) is 53.6 Å². The van der Waals surface area contributed by atoms with Crippen LogP contribution in [-0.2, 0) is 11.2 Å². The van der Waals surface area contributed by atoms with Gasteiger partial charge in [0.25, 0.3) is 5.91 Å². The summed E-state index contributed by atoms with van der Waals surface area (Å²) in [5.74, 6) is 0.869. The molecule has 0 aliphatic carbocycles. The molecule has 6 nitrogen and oxygen atoms in total. The molecule has 2 aromatic heterocycles. The molecule has 1 atom stereocenters. The maximum absolute atomic E-state index is 12.4. The minimum atomic E-state index is 0.000861. The Balaban J connectivity index is 1.55. The van der Waals surface area contributed by atoms with Gasteiger partial charge in [-0.2, -0.15) is 0 Å². The van der Waals surface area contributed by atoms with Gasteiger partial charge in [0.1, 0.15) is 11.5 Å². The average molecular weight is 332 g/mol. The van der Waals surface area contributed by atoms with E-state index in [-0.39, 0.29) is 12.0 Å². The summed E-state index contributed by atoms with van der Waals surface area (Å²) in [6.07, 6.45) is 3.66. The highest BCUT2D eigenvalue weighted by molar-refractivity contribution is 7.07. The van der Waals surface area contributed by atoms with Gasteiger partial charge < -0.3 is 15.0 Å². The first kappa shape index (κ1) is 15.9. The lowest BCUT2D eigenvalue weighted by atomic mass is 10.1. The van der Waals surface area contributed by atoms with E-state index in [4.69, 9.17) is 4.74 Å². The highest BCUT2D eigenvalue weighted by Crippen LogP contribution is 2.16. The zero-order valence-corrected chi connectivity index (χ0v) is 13.9. The minimum absolute atomic E-state index is 0.000861. The summed E-state index contributed by atoms with van der Waals surface area (Å²) in [6, 6.07) is 4.06. The lowest BCUT2D eigenvalue weighted by molar-refractivity contribution is -0.0247. The number of hydrogen-bond acceptors (Lipinski definition) is 6. The molecule has 1 amide bonds. The molecule has 1 aliphatic heterocycles. The van der Waals surface area contributed by atoms with E-state index in [0.717, 1.165) is 18.7 Å². The van der Waals surface area contributed by atoms with E-state index < -0.39 is 0 Å². The molecule has 1 saturated heterocycles. The van der Waals surface area contributed by atoms with E-state index in [1.54, 1.807) is 17.1 Å². The molecule has 0 aromatic carbocycles. The number of nitrogens with zero attached hydrogens (tertiary/aromatic N) is 3. The van der Waals surface area contributed by atoms with Crippen molar-refractivity contribution in [3.8, 4) is 0 Å². The van der Waals surface area contributed by atoms with E-state index in [0.29, 0.717) is 25.4 Å². The maximum Gasteiger partial charge on any atom is 0.273 e. The predicted octanol–water partition coefficient (Wildman–Crippen LogP) is 2.05. The Hall–Kier alpha value is -1.99. The van der Waals surface area contributed by atoms with Gasteiger partial charge in [-0.3, -0.25) is 4.79 Å². The van der Waals surface area contributed by atoms with Gasteiger partial charge in [0, 0.05) is 31.7 Å². The molecule has 0 spiro atoms. The Bertz CT molecular complexity index is 647. The van der Waals surface area contributed by atoms with Gasteiger partial charge in [0.2, 0.25) is 0 Å². The summed E-state index contributed by atoms with van der Waals surface area (Å²) >= 11 is 1.44. The lowest BCUT2D eigenvalue weighted by Gasteiger charge is -2.32. The number of ether oxygens (including phenoxy) is 1. The number of aromatic nitrogens is 2. The largest absolute Gasteiger partial charge is 0.375 e. The predicted molar refractivity (Wildman–Crippen MR) is 89.9 cm³/mol. The number of rotatable bonds is 5. The molecular formula is C16H20N4O2S. The molecule has 3 heterocycles. The van der Waals surface area contributed by atoms with Crippen molar-refractivity contribution >= 4 is 23.1 Å². The van der Waals surface area contributed by atoms with Crippen molar-refractivity contribution in [2.45, 2.75) is 18.9 Å². The first-order valence-corrected chi connectivity index (χ1v) is 8.62. The Morgan fingerprint density at radius 3 is 3.22 bits per heavy atom. The molecular weight excluding hydrogens is 312 g/mol. The molecule has 2 aromatic rings. The quantitative estimate of drug-likeness (QED) is 0.908. The molecule has 0 saturated carbocycles. The molecule has 1 N–H and O–H groups in total. The second kappa shape index (κ2) is 7.52. The number of carbonyl (C=O) groups is 1. The van der Waals surface area contributed by atoms with Gasteiger partial charge in [-0.05, 0) is 30.5 Å². The summed E-state index contributed by atoms with van der Waals surface area (Å²) in [5.41, 5.74) is 3.44. The Morgan fingerprint density at radius 2 is 2.43 bits per heavy atom. The van der Waals surface area contributed by atoms with E-state index >= 15 is 0 Å². The second-order valence-corrected chi connectivity index (χ2v) is 6.17. The number of aryl methyl sites for hydroxylation is 1. The van der Waals surface area contributed by atoms with E-state index in [1.165, 1.54) is 16.9 Å². The number of amides is 1. The standard InChI is InChI=1S/C16H20N4O2S/c1-17-15-8-12(4-5-18-15)2-3-13-9-20(6-7-22-13)16(21)14-10-23-11-19-14/h4-5,8,10-11,13H,2-3,6-7,9H2,1H3,(H,17,18)/t13-/m1/s1. The fourth-order valence-electron chi connectivity index (χ4n) is 2.65. The number of nitrogens with one attached hydrogen (secondary N) is 1. The summed E-state index contributed by atoms with van der Waals surface area (Å²) in [5, 5.41) is 4.84. The van der Waals surface area contributed by atoms with Gasteiger partial charge in [-0.25, -0.2) is 9.97 Å². The van der Waals surface area contributed by atoms with Crippen LogP contribution in [0.1, 0.15) is 22.5 Å². The molecule has 0 unspecified atom stereocenters. The number of pyridine rings is 1. The molecule has 0 bridgehead atoms. The van der Waals surface area contributed by atoms with E-state index in [2.05, 4.69) is 15.3 Å². The van der Waals surface area contributed by atoms with Crippen LogP contribution in [0.3, 0.4) is 0 Å². The summed E-state index contributed by atoms with van der Waals surface area (Å²) in [4.78, 5) is 22.5. The van der Waals surface area contributed by atoms with Gasteiger partial charge >= 0.3 is 0 Å². The lowest BCUT2D eigenvalue weighted by Crippen LogP contribution is -2.45. The third-order valence-electron chi connectivity index (χ3n) is 3.91. The third kappa shape index (κ3) is 4.05. The van der Waals surface area contributed by atoms with Crippen LogP contribution in [0, 0.1) is 0 Å². The smallest absolute Gasteiger partial charge is 0.273 e. The summed E-state index contributed by atoms with van der Waals surface area (Å²) < 4.78 is 5.81. The van der Waals surface area contributed by atoms with Crippen molar-refractivity contribution in [2.75, 3.05) is 32.1 Å². The van der Waals surface area contributed by atoms with Crippen molar-refractivity contribution in [3.05, 3.63) is 40.5 Å². The molecule has 7 heteroatoms. The van der Waals surface area contributed by atoms with Crippen molar-refractivity contribution < 1.29 is 9.53 Å². The second-order valence-electron chi connectivity index (χ2n) is 5.46. The molecule has 23 heavy (non-hydrogen) atoms. The fraction of sp³-hybridized carbons (Fsp3) is 0.438. The number of morpholine rings is 1. The minimum Gasteiger partial charge on any atom is -0.375 e. The van der Waals surface area contributed by atoms with Crippen LogP contribution in [0.15, 0.2) is 29.2 Å². The highest BCUT2D eigenvalue weighted by Gasteiger charge is 2.25. The van der Waals surface area contributed by atoms with Crippen molar-refractivity contribution in [3.63, 3.8) is 0 Å². The highest BCUT2D eigenvalue weighted by atomic mass is 32.1. The third-order valence-corrected chi connectivity index (χ3v) is 4.50. The fourth-order valence-corrected chi connectivity index (χ4v) is 3.18. The first-order valence-electron chi connectivity index (χ1n) is 7.68. The van der Waals surface area contributed by atoms with Crippen molar-refractivity contribution in [1.82, 2.24) is 14.9 Å². The maximum atomic E-state index is 12.4. The Morgan fingerprint density at radius 1 is 1.52 bits per heavy atom. The number of hydrogen-bond donors (Lipinski definition) is 1. The summed E-state index contributed by atoms with van der Waals surface area (Å²) in [7, 11) is 1.86. The summed E-state index contributed by atoms with van der Waals surface area (Å²) in [6.45, 7) is 1.84. The number of thiazole rings is 1. The van der Waals surface area contributed by atoms with Crippen LogP contribution in [0.5, 0.6) is 0 Å². The van der Waals surface area contributed by atoms with E-state index in [9.17, 15) is 4.79 Å². The molecule has 1 fully saturated rings. The van der Waals surface area contributed by atoms with Crippen LogP contribution in [0.25, 0.3) is 0 Å². The number of anilines is 1. The SMILES string of the molecule is CNc1cc(CC[C@@H]2CN(C(=O)c3cscn3)CCO2)ccn1. The molecule has 1 aliphatic rings. The van der Waals surface area contributed by atoms with E-state index in [1.807, 2.05) is 24.1 Å². The van der Waals surface area contributed by atoms with Crippen molar-refractivity contribution in [1.29, 1.82) is 0 Å². The molecule has 0 radical (unpaired) electrons. The van der Waals surface area contributed by atoms with Gasteiger partial charge in [0.15, 0.2) is 0 Å². The van der Waals surface area contributed by atoms with Crippen LogP contribution < -0.4 is 5.32 Å². The van der Waals surface area contributed by atoms with Gasteiger partial charge in [-0.1, -0.05) is 0 Å². The van der Waals surface area contributed by atoms with Crippen molar-refractivity contribution in [2.24, 2.45) is 0 Å². The van der Waals surface area contributed by atoms with Gasteiger partial charge in [0.05, 0.1) is 18.2 Å². The Kier molecular flexibility index (Phi) is 5.19. The average Bonchev–Trinajstić information content (AvgIpc) is 3.14. The zero-order valence-electron chi connectivity index (χ0n) is 13.1. The zero-order chi connectivity index (χ0) is 16.1. The van der Waals surface area contributed by atoms with Crippen LogP contribution >= 0.6 is 11.3 Å². The van der Waals surface area contributed by atoms with Crippen LogP contribution in [0.2, 0.25) is 0 Å². The molecule has 3 rings (SSSR count). The first-order chi connectivity index (χ1) is 11.3. The topological polar surface area (TPSA) is 67.4 Å². The normalized spacial score (nSPS) is 18.0.